The number of rotatable bonds is 7. The first-order valence-corrected chi connectivity index (χ1v) is 7.99. The molecule has 0 amide bonds. The summed E-state index contributed by atoms with van der Waals surface area (Å²) in [6, 6.07) is 16.5. The molecule has 2 rings (SSSR count). The van der Waals surface area contributed by atoms with Gasteiger partial charge in [-0.15, -0.1) is 0 Å². The first-order valence-electron chi connectivity index (χ1n) is 6.83. The van der Waals surface area contributed by atoms with Gasteiger partial charge in [-0.3, -0.25) is 0 Å². The average Bonchev–Trinajstić information content (AvgIpc) is 2.49. The summed E-state index contributed by atoms with van der Waals surface area (Å²) >= 11 is 1.90. The lowest BCUT2D eigenvalue weighted by Crippen LogP contribution is -2.01. The van der Waals surface area contributed by atoms with E-state index in [1.54, 1.807) is 0 Å². The van der Waals surface area contributed by atoms with E-state index in [1.807, 2.05) is 36.0 Å². The van der Waals surface area contributed by atoms with Crippen molar-refractivity contribution < 1.29 is 4.74 Å². The van der Waals surface area contributed by atoms with Gasteiger partial charge in [0.2, 0.25) is 0 Å². The summed E-state index contributed by atoms with van der Waals surface area (Å²) in [7, 11) is 0. The third-order valence-corrected chi connectivity index (χ3v) is 4.14. The molecule has 106 valence electrons. The molecule has 0 aliphatic heterocycles. The van der Waals surface area contributed by atoms with E-state index >= 15 is 0 Å². The van der Waals surface area contributed by atoms with Crippen molar-refractivity contribution in [2.45, 2.75) is 19.2 Å². The molecule has 0 aliphatic carbocycles. The molecule has 0 saturated carbocycles. The summed E-state index contributed by atoms with van der Waals surface area (Å²) in [5, 5.41) is 0. The van der Waals surface area contributed by atoms with Gasteiger partial charge in [-0.25, -0.2) is 0 Å². The zero-order valence-electron chi connectivity index (χ0n) is 11.8. The first-order chi connectivity index (χ1) is 9.79. The van der Waals surface area contributed by atoms with Gasteiger partial charge < -0.3 is 10.5 Å². The third-order valence-electron chi connectivity index (χ3n) is 3.17. The highest BCUT2D eigenvalue weighted by Gasteiger charge is 1.98. The highest BCUT2D eigenvalue weighted by Crippen LogP contribution is 2.16. The molecule has 2 N–H and O–H groups in total. The maximum absolute atomic E-state index is 5.71. The fraction of sp³-hybridized carbons (Fsp3) is 0.294. The number of benzene rings is 2. The van der Waals surface area contributed by atoms with Crippen LogP contribution in [-0.4, -0.2) is 12.4 Å². The molecule has 0 bridgehead atoms. The van der Waals surface area contributed by atoms with Crippen molar-refractivity contribution in [3.8, 4) is 5.75 Å². The molecular formula is C17H21NOS. The summed E-state index contributed by atoms with van der Waals surface area (Å²) in [4.78, 5) is 0. The fourth-order valence-corrected chi connectivity index (χ4v) is 2.78. The molecule has 2 aromatic rings. The van der Waals surface area contributed by atoms with Crippen molar-refractivity contribution >= 4 is 11.8 Å². The van der Waals surface area contributed by atoms with Crippen LogP contribution >= 0.6 is 11.8 Å². The minimum absolute atomic E-state index is 0.576. The summed E-state index contributed by atoms with van der Waals surface area (Å²) in [6.45, 7) is 3.47. The minimum Gasteiger partial charge on any atom is -0.493 e. The van der Waals surface area contributed by atoms with E-state index in [0.29, 0.717) is 6.54 Å². The zero-order chi connectivity index (χ0) is 14.2. The van der Waals surface area contributed by atoms with Crippen molar-refractivity contribution in [2.24, 2.45) is 5.73 Å². The van der Waals surface area contributed by atoms with Crippen LogP contribution in [0, 0.1) is 6.92 Å². The van der Waals surface area contributed by atoms with Gasteiger partial charge in [-0.05, 0) is 35.7 Å². The fourth-order valence-electron chi connectivity index (χ4n) is 1.89. The Morgan fingerprint density at radius 3 is 2.50 bits per heavy atom. The molecule has 0 unspecified atom stereocenters. The number of aryl methyl sites for hydroxylation is 1. The summed E-state index contributed by atoms with van der Waals surface area (Å²) < 4.78 is 5.71. The normalized spacial score (nSPS) is 10.5. The Morgan fingerprint density at radius 1 is 1.05 bits per heavy atom. The largest absolute Gasteiger partial charge is 0.493 e. The van der Waals surface area contributed by atoms with Crippen LogP contribution in [0.25, 0.3) is 0 Å². The van der Waals surface area contributed by atoms with E-state index in [4.69, 9.17) is 10.5 Å². The van der Waals surface area contributed by atoms with Gasteiger partial charge >= 0.3 is 0 Å². The molecule has 0 fully saturated rings. The predicted octanol–water partition coefficient (Wildman–Crippen LogP) is 3.77. The van der Waals surface area contributed by atoms with Crippen LogP contribution in [0.4, 0.5) is 0 Å². The van der Waals surface area contributed by atoms with Crippen molar-refractivity contribution in [1.82, 2.24) is 0 Å². The number of thioether (sulfide) groups is 1. The molecule has 0 heterocycles. The molecule has 20 heavy (non-hydrogen) atoms. The second kappa shape index (κ2) is 7.98. The van der Waals surface area contributed by atoms with Gasteiger partial charge in [-0.1, -0.05) is 36.4 Å². The van der Waals surface area contributed by atoms with Crippen molar-refractivity contribution in [3.63, 3.8) is 0 Å². The average molecular weight is 287 g/mol. The maximum Gasteiger partial charge on any atom is 0.119 e. The van der Waals surface area contributed by atoms with Gasteiger partial charge in [0.15, 0.2) is 0 Å². The highest BCUT2D eigenvalue weighted by atomic mass is 32.2. The van der Waals surface area contributed by atoms with E-state index in [-0.39, 0.29) is 0 Å². The second-order valence-electron chi connectivity index (χ2n) is 4.68. The van der Waals surface area contributed by atoms with Gasteiger partial charge in [0, 0.05) is 18.1 Å². The lowest BCUT2D eigenvalue weighted by atomic mass is 10.1. The molecule has 3 heteroatoms. The Labute approximate surface area is 125 Å². The number of hydrogen-bond donors (Lipinski definition) is 1. The van der Waals surface area contributed by atoms with E-state index in [2.05, 4.69) is 31.2 Å². The molecule has 0 atom stereocenters. The highest BCUT2D eigenvalue weighted by molar-refractivity contribution is 7.98. The SMILES string of the molecule is Cc1ccccc1CSCCOc1ccc(CN)cc1. The van der Waals surface area contributed by atoms with E-state index < -0.39 is 0 Å². The van der Waals surface area contributed by atoms with Crippen LogP contribution in [0.1, 0.15) is 16.7 Å². The van der Waals surface area contributed by atoms with Gasteiger partial charge in [0.1, 0.15) is 5.75 Å². The third kappa shape index (κ3) is 4.58. The van der Waals surface area contributed by atoms with E-state index in [9.17, 15) is 0 Å². The lowest BCUT2D eigenvalue weighted by Gasteiger charge is -2.08. The molecule has 0 saturated heterocycles. The second-order valence-corrected chi connectivity index (χ2v) is 5.78. The summed E-state index contributed by atoms with van der Waals surface area (Å²) in [6.07, 6.45) is 0. The van der Waals surface area contributed by atoms with E-state index in [0.717, 1.165) is 29.4 Å². The van der Waals surface area contributed by atoms with Crippen LogP contribution < -0.4 is 10.5 Å². The Hall–Kier alpha value is -1.45. The maximum atomic E-state index is 5.71. The van der Waals surface area contributed by atoms with Crippen LogP contribution in [0.3, 0.4) is 0 Å². The van der Waals surface area contributed by atoms with Crippen LogP contribution in [0.15, 0.2) is 48.5 Å². The molecule has 0 aliphatic rings. The standard InChI is InChI=1S/C17H21NOS/c1-14-4-2-3-5-16(14)13-20-11-10-19-17-8-6-15(12-18)7-9-17/h2-9H,10-13,18H2,1H3. The Morgan fingerprint density at radius 2 is 1.80 bits per heavy atom. The first kappa shape index (κ1) is 14.9. The molecular weight excluding hydrogens is 266 g/mol. The summed E-state index contributed by atoms with van der Waals surface area (Å²) in [5.41, 5.74) is 9.46. The summed E-state index contributed by atoms with van der Waals surface area (Å²) in [5.74, 6) is 2.95. The Kier molecular flexibility index (Phi) is 5.96. The Balaban J connectivity index is 1.67. The number of hydrogen-bond acceptors (Lipinski definition) is 3. The van der Waals surface area contributed by atoms with Gasteiger partial charge in [0.05, 0.1) is 6.61 Å². The zero-order valence-corrected chi connectivity index (χ0v) is 12.7. The van der Waals surface area contributed by atoms with Crippen LogP contribution in [0.2, 0.25) is 0 Å². The van der Waals surface area contributed by atoms with E-state index in [1.165, 1.54) is 11.1 Å². The van der Waals surface area contributed by atoms with Crippen LogP contribution in [-0.2, 0) is 12.3 Å². The minimum atomic E-state index is 0.576. The van der Waals surface area contributed by atoms with Crippen LogP contribution in [0.5, 0.6) is 5.75 Å². The molecule has 2 aromatic carbocycles. The number of nitrogens with two attached hydrogens (primary N) is 1. The number of ether oxygens (including phenoxy) is 1. The van der Waals surface area contributed by atoms with Crippen molar-refractivity contribution in [1.29, 1.82) is 0 Å². The molecule has 2 nitrogen and oxygen atoms in total. The van der Waals surface area contributed by atoms with Gasteiger partial charge in [-0.2, -0.15) is 11.8 Å². The monoisotopic (exact) mass is 287 g/mol. The van der Waals surface area contributed by atoms with Gasteiger partial charge in [0.25, 0.3) is 0 Å². The smallest absolute Gasteiger partial charge is 0.119 e. The lowest BCUT2D eigenvalue weighted by molar-refractivity contribution is 0.344. The van der Waals surface area contributed by atoms with Crippen molar-refractivity contribution in [2.75, 3.05) is 12.4 Å². The molecule has 0 radical (unpaired) electrons. The predicted molar refractivity (Wildman–Crippen MR) is 87.2 cm³/mol. The van der Waals surface area contributed by atoms with Crippen molar-refractivity contribution in [3.05, 3.63) is 65.2 Å². The molecule has 0 spiro atoms. The Bertz CT molecular complexity index is 525. The molecule has 0 aromatic heterocycles. The quantitative estimate of drug-likeness (QED) is 0.787. The topological polar surface area (TPSA) is 35.2 Å².